The summed E-state index contributed by atoms with van der Waals surface area (Å²) in [5.41, 5.74) is 6.39. The molecule has 0 bridgehead atoms. The van der Waals surface area contributed by atoms with Gasteiger partial charge in [-0.15, -0.1) is 0 Å². The van der Waals surface area contributed by atoms with Crippen molar-refractivity contribution in [3.05, 3.63) is 24.3 Å². The lowest BCUT2D eigenvalue weighted by atomic mass is 10.3. The molecule has 1 unspecified atom stereocenters. The van der Waals surface area contributed by atoms with Gasteiger partial charge >= 0.3 is 0 Å². The summed E-state index contributed by atoms with van der Waals surface area (Å²) in [7, 11) is -2.47. The third kappa shape index (κ3) is 2.61. The number of nitrogens with zero attached hydrogens (tertiary/aromatic N) is 1. The standard InChI is InChI=1S/C12H17N3OS/c13-9-2-1-3-12(8-9)17(16,14-10-4-5-10)15-11-6-7-11/h1-3,8,10-11H,4-7,13H2,(H,14,15,16). The summed E-state index contributed by atoms with van der Waals surface area (Å²) in [4.78, 5) is 0.719. The van der Waals surface area contributed by atoms with Crippen molar-refractivity contribution in [2.45, 2.75) is 42.7 Å². The summed E-state index contributed by atoms with van der Waals surface area (Å²) in [6.07, 6.45) is 4.32. The van der Waals surface area contributed by atoms with E-state index < -0.39 is 9.92 Å². The lowest BCUT2D eigenvalue weighted by Gasteiger charge is -2.12. The summed E-state index contributed by atoms with van der Waals surface area (Å²) in [6, 6.07) is 7.89. The summed E-state index contributed by atoms with van der Waals surface area (Å²) in [5.74, 6) is 0. The number of benzene rings is 1. The average molecular weight is 251 g/mol. The van der Waals surface area contributed by atoms with Gasteiger partial charge in [-0.25, -0.2) is 13.3 Å². The molecule has 2 saturated carbocycles. The first-order valence-corrected chi connectivity index (χ1v) is 7.56. The monoisotopic (exact) mass is 251 g/mol. The Hall–Kier alpha value is -1.07. The Labute approximate surface area is 102 Å². The Bertz CT molecular complexity index is 540. The minimum atomic E-state index is -2.47. The molecule has 4 nitrogen and oxygen atoms in total. The van der Waals surface area contributed by atoms with Gasteiger partial charge in [-0.2, -0.15) is 0 Å². The van der Waals surface area contributed by atoms with Crippen molar-refractivity contribution in [1.29, 1.82) is 0 Å². The fraction of sp³-hybridized carbons (Fsp3) is 0.500. The van der Waals surface area contributed by atoms with Crippen LogP contribution < -0.4 is 10.5 Å². The number of nitrogens with two attached hydrogens (primary N) is 1. The minimum absolute atomic E-state index is 0.273. The van der Waals surface area contributed by atoms with E-state index in [1.807, 2.05) is 12.1 Å². The molecule has 1 aromatic carbocycles. The number of nitrogens with one attached hydrogen (secondary N) is 1. The summed E-state index contributed by atoms with van der Waals surface area (Å²) in [6.45, 7) is 0. The van der Waals surface area contributed by atoms with Crippen LogP contribution in [0.2, 0.25) is 0 Å². The van der Waals surface area contributed by atoms with E-state index in [-0.39, 0.29) is 6.04 Å². The molecule has 0 aromatic heterocycles. The zero-order valence-corrected chi connectivity index (χ0v) is 10.5. The predicted octanol–water partition coefficient (Wildman–Crippen LogP) is 1.93. The molecule has 1 atom stereocenters. The van der Waals surface area contributed by atoms with Crippen LogP contribution in [0.1, 0.15) is 25.7 Å². The highest BCUT2D eigenvalue weighted by atomic mass is 32.2. The molecule has 3 N–H and O–H groups in total. The van der Waals surface area contributed by atoms with E-state index in [2.05, 4.69) is 9.08 Å². The Morgan fingerprint density at radius 1 is 1.29 bits per heavy atom. The Kier molecular flexibility index (Phi) is 2.60. The van der Waals surface area contributed by atoms with Gasteiger partial charge in [0.1, 0.15) is 9.92 Å². The topological polar surface area (TPSA) is 67.5 Å². The van der Waals surface area contributed by atoms with Crippen LogP contribution in [0.5, 0.6) is 0 Å². The molecule has 0 radical (unpaired) electrons. The van der Waals surface area contributed by atoms with Gasteiger partial charge in [-0.1, -0.05) is 6.07 Å². The fourth-order valence-corrected chi connectivity index (χ4v) is 3.86. The molecular formula is C12H17N3OS. The van der Waals surface area contributed by atoms with Crippen LogP contribution in [-0.4, -0.2) is 16.3 Å². The Morgan fingerprint density at radius 3 is 2.65 bits per heavy atom. The molecule has 3 rings (SSSR count). The molecule has 1 aromatic rings. The van der Waals surface area contributed by atoms with Gasteiger partial charge in [0.2, 0.25) is 0 Å². The van der Waals surface area contributed by atoms with Gasteiger partial charge in [0.05, 0.1) is 10.9 Å². The minimum Gasteiger partial charge on any atom is -0.399 e. The van der Waals surface area contributed by atoms with Crippen molar-refractivity contribution >= 4 is 15.6 Å². The first kappa shape index (κ1) is 11.0. The van der Waals surface area contributed by atoms with E-state index in [9.17, 15) is 4.21 Å². The third-order valence-electron chi connectivity index (χ3n) is 2.93. The summed E-state index contributed by atoms with van der Waals surface area (Å²) in [5, 5.41) is 0. The van der Waals surface area contributed by atoms with Crippen molar-refractivity contribution in [1.82, 2.24) is 4.72 Å². The van der Waals surface area contributed by atoms with Crippen LogP contribution in [0.15, 0.2) is 33.5 Å². The van der Waals surface area contributed by atoms with Gasteiger partial charge in [0, 0.05) is 11.7 Å². The van der Waals surface area contributed by atoms with Gasteiger partial charge < -0.3 is 5.73 Å². The number of anilines is 1. The molecule has 2 fully saturated rings. The first-order chi connectivity index (χ1) is 8.16. The van der Waals surface area contributed by atoms with Crippen LogP contribution in [0.3, 0.4) is 0 Å². The normalized spacial score (nSPS) is 23.1. The quantitative estimate of drug-likeness (QED) is 0.803. The molecule has 2 aliphatic carbocycles. The van der Waals surface area contributed by atoms with Crippen molar-refractivity contribution in [2.24, 2.45) is 4.36 Å². The zero-order chi connectivity index (χ0) is 11.9. The van der Waals surface area contributed by atoms with E-state index in [0.29, 0.717) is 11.7 Å². The lowest BCUT2D eigenvalue weighted by Crippen LogP contribution is -2.26. The van der Waals surface area contributed by atoms with Crippen molar-refractivity contribution in [2.75, 3.05) is 5.73 Å². The van der Waals surface area contributed by atoms with Crippen LogP contribution in [0, 0.1) is 0 Å². The molecule has 0 saturated heterocycles. The van der Waals surface area contributed by atoms with E-state index in [1.165, 1.54) is 0 Å². The second-order valence-corrected chi connectivity index (χ2v) is 6.80. The van der Waals surface area contributed by atoms with Gasteiger partial charge in [-0.05, 0) is 43.9 Å². The highest BCUT2D eigenvalue weighted by Gasteiger charge is 2.30. The fourth-order valence-electron chi connectivity index (χ4n) is 1.66. The van der Waals surface area contributed by atoms with Crippen molar-refractivity contribution < 1.29 is 4.21 Å². The van der Waals surface area contributed by atoms with Gasteiger partial charge in [-0.3, -0.25) is 0 Å². The van der Waals surface area contributed by atoms with Gasteiger partial charge in [0.25, 0.3) is 0 Å². The molecule has 92 valence electrons. The maximum absolute atomic E-state index is 12.9. The smallest absolute Gasteiger partial charge is 0.137 e. The van der Waals surface area contributed by atoms with Crippen LogP contribution in [0.4, 0.5) is 5.69 Å². The maximum atomic E-state index is 12.9. The van der Waals surface area contributed by atoms with E-state index >= 15 is 0 Å². The molecule has 17 heavy (non-hydrogen) atoms. The number of hydrogen-bond acceptors (Lipinski definition) is 3. The highest BCUT2D eigenvalue weighted by molar-refractivity contribution is 7.91. The zero-order valence-electron chi connectivity index (χ0n) is 9.63. The van der Waals surface area contributed by atoms with Crippen LogP contribution >= 0.6 is 0 Å². The molecule has 0 spiro atoms. The molecule has 5 heteroatoms. The van der Waals surface area contributed by atoms with E-state index in [4.69, 9.17) is 5.73 Å². The summed E-state index contributed by atoms with van der Waals surface area (Å²) < 4.78 is 20.6. The molecule has 0 heterocycles. The van der Waals surface area contributed by atoms with E-state index in [1.54, 1.807) is 12.1 Å². The number of nitrogen functional groups attached to an aromatic ring is 1. The summed E-state index contributed by atoms with van der Waals surface area (Å²) >= 11 is 0. The largest absolute Gasteiger partial charge is 0.399 e. The van der Waals surface area contributed by atoms with Crippen molar-refractivity contribution in [3.8, 4) is 0 Å². The Morgan fingerprint density at radius 2 is 2.06 bits per heavy atom. The second-order valence-electron chi connectivity index (χ2n) is 4.83. The molecule has 2 aliphatic rings. The third-order valence-corrected chi connectivity index (χ3v) is 5.07. The van der Waals surface area contributed by atoms with E-state index in [0.717, 1.165) is 30.6 Å². The molecule has 0 aliphatic heterocycles. The predicted molar refractivity (Wildman–Crippen MR) is 68.9 cm³/mol. The number of hydrogen-bond donors (Lipinski definition) is 2. The maximum Gasteiger partial charge on any atom is 0.137 e. The average Bonchev–Trinajstić information content (AvgIpc) is 3.15. The van der Waals surface area contributed by atoms with Crippen LogP contribution in [-0.2, 0) is 9.92 Å². The Balaban J connectivity index is 1.99. The van der Waals surface area contributed by atoms with Crippen LogP contribution in [0.25, 0.3) is 0 Å². The molecular weight excluding hydrogens is 234 g/mol. The number of rotatable bonds is 4. The molecule has 0 amide bonds. The highest BCUT2D eigenvalue weighted by Crippen LogP contribution is 2.29. The second kappa shape index (κ2) is 3.99. The van der Waals surface area contributed by atoms with Gasteiger partial charge in [0.15, 0.2) is 0 Å². The SMILES string of the molecule is Nc1cccc(S(=O)(=NC2CC2)NC2CC2)c1. The lowest BCUT2D eigenvalue weighted by molar-refractivity contribution is 0.661. The first-order valence-electron chi connectivity index (χ1n) is 6.05. The van der Waals surface area contributed by atoms with Crippen molar-refractivity contribution in [3.63, 3.8) is 0 Å².